The lowest BCUT2D eigenvalue weighted by Crippen LogP contribution is -2.28. The van der Waals surface area contributed by atoms with Crippen LogP contribution in [0.2, 0.25) is 0 Å². The number of rotatable bonds is 3. The van der Waals surface area contributed by atoms with E-state index < -0.39 is 0 Å². The Morgan fingerprint density at radius 2 is 2.20 bits per heavy atom. The predicted molar refractivity (Wildman–Crippen MR) is 64.2 cm³/mol. The zero-order valence-corrected chi connectivity index (χ0v) is 9.54. The number of thiocarbonyl (C=S) groups is 1. The lowest BCUT2D eigenvalue weighted by Gasteiger charge is -2.21. The molecule has 0 N–H and O–H groups in total. The summed E-state index contributed by atoms with van der Waals surface area (Å²) in [6.45, 7) is 2.59. The van der Waals surface area contributed by atoms with Crippen LogP contribution in [0.1, 0.15) is 6.92 Å². The van der Waals surface area contributed by atoms with Crippen LogP contribution in [0.4, 0.5) is 5.69 Å². The maximum atomic E-state index is 8.79. The summed E-state index contributed by atoms with van der Waals surface area (Å²) in [5.41, 5.74) is 0.828. The molecule has 15 heavy (non-hydrogen) atoms. The molecule has 4 heteroatoms. The summed E-state index contributed by atoms with van der Waals surface area (Å²) in [6, 6.07) is 9.46. The smallest absolute Gasteiger partial charge is 0.185 e. The highest BCUT2D eigenvalue weighted by molar-refractivity contribution is 7.81. The van der Waals surface area contributed by atoms with E-state index in [2.05, 4.69) is 0 Å². The lowest BCUT2D eigenvalue weighted by atomic mass is 10.2. The van der Waals surface area contributed by atoms with E-state index in [9.17, 15) is 0 Å². The van der Waals surface area contributed by atoms with E-state index in [1.807, 2.05) is 37.3 Å². The Morgan fingerprint density at radius 3 is 2.73 bits per heavy atom. The fourth-order valence-corrected chi connectivity index (χ4v) is 1.56. The van der Waals surface area contributed by atoms with Crippen molar-refractivity contribution in [2.24, 2.45) is 0 Å². The molecule has 1 aromatic carbocycles. The summed E-state index contributed by atoms with van der Waals surface area (Å²) in [5.74, 6) is 0.719. The first-order chi connectivity index (χ1) is 7.24. The van der Waals surface area contributed by atoms with Gasteiger partial charge in [-0.3, -0.25) is 0 Å². The van der Waals surface area contributed by atoms with Gasteiger partial charge in [-0.25, -0.2) is 0 Å². The van der Waals surface area contributed by atoms with Crippen LogP contribution in [-0.2, 0) is 0 Å². The molecule has 0 radical (unpaired) electrons. The molecule has 1 rings (SSSR count). The maximum Gasteiger partial charge on any atom is 0.185 e. The van der Waals surface area contributed by atoms with Gasteiger partial charge in [0.05, 0.1) is 12.8 Å². The Bertz CT molecular complexity index is 398. The van der Waals surface area contributed by atoms with Crippen molar-refractivity contribution in [3.63, 3.8) is 0 Å². The zero-order valence-electron chi connectivity index (χ0n) is 8.73. The van der Waals surface area contributed by atoms with Crippen molar-refractivity contribution < 1.29 is 4.74 Å². The van der Waals surface area contributed by atoms with Gasteiger partial charge in [0.1, 0.15) is 11.8 Å². The Kier molecular flexibility index (Phi) is 4.07. The number of anilines is 1. The second-order valence-electron chi connectivity index (χ2n) is 2.83. The van der Waals surface area contributed by atoms with Gasteiger partial charge in [-0.1, -0.05) is 12.1 Å². The van der Waals surface area contributed by atoms with Crippen LogP contribution in [0.3, 0.4) is 0 Å². The molecule has 0 fully saturated rings. The topological polar surface area (TPSA) is 36.3 Å². The monoisotopic (exact) mass is 220 g/mol. The van der Waals surface area contributed by atoms with Crippen LogP contribution in [0.5, 0.6) is 5.75 Å². The molecule has 0 spiro atoms. The summed E-state index contributed by atoms with van der Waals surface area (Å²) in [5, 5.41) is 8.79. The van der Waals surface area contributed by atoms with Gasteiger partial charge >= 0.3 is 0 Å². The molecule has 1 aromatic rings. The summed E-state index contributed by atoms with van der Waals surface area (Å²) in [7, 11) is 1.60. The first-order valence-corrected chi connectivity index (χ1v) is 5.00. The highest BCUT2D eigenvalue weighted by Gasteiger charge is 2.13. The van der Waals surface area contributed by atoms with Gasteiger partial charge in [0.25, 0.3) is 0 Å². The third-order valence-electron chi connectivity index (χ3n) is 2.03. The third kappa shape index (κ3) is 2.45. The number of benzene rings is 1. The fraction of sp³-hybridized carbons (Fsp3) is 0.273. The SMILES string of the molecule is CCN(C(=S)C#N)c1ccccc1OC. The van der Waals surface area contributed by atoms with Crippen LogP contribution < -0.4 is 9.64 Å². The lowest BCUT2D eigenvalue weighted by molar-refractivity contribution is 0.415. The van der Waals surface area contributed by atoms with Crippen LogP contribution in [-0.4, -0.2) is 18.6 Å². The number of para-hydroxylation sites is 2. The predicted octanol–water partition coefficient (Wildman–Crippen LogP) is 2.37. The summed E-state index contributed by atoms with van der Waals surface area (Å²) >= 11 is 4.97. The average Bonchev–Trinajstić information content (AvgIpc) is 2.30. The van der Waals surface area contributed by atoms with Gasteiger partial charge < -0.3 is 9.64 Å². The van der Waals surface area contributed by atoms with E-state index in [1.54, 1.807) is 12.0 Å². The van der Waals surface area contributed by atoms with Crippen LogP contribution >= 0.6 is 12.2 Å². The highest BCUT2D eigenvalue weighted by atomic mass is 32.1. The molecule has 0 aliphatic carbocycles. The van der Waals surface area contributed by atoms with Gasteiger partial charge in [-0.2, -0.15) is 5.26 Å². The first kappa shape index (κ1) is 11.5. The van der Waals surface area contributed by atoms with Crippen molar-refractivity contribution in [1.82, 2.24) is 0 Å². The van der Waals surface area contributed by atoms with Crippen LogP contribution in [0.15, 0.2) is 24.3 Å². The molecule has 0 amide bonds. The van der Waals surface area contributed by atoms with Gasteiger partial charge in [0.2, 0.25) is 0 Å². The molecule has 3 nitrogen and oxygen atoms in total. The third-order valence-corrected chi connectivity index (χ3v) is 2.34. The number of hydrogen-bond donors (Lipinski definition) is 0. The Balaban J connectivity index is 3.12. The number of nitriles is 1. The van der Waals surface area contributed by atoms with Crippen molar-refractivity contribution in [3.8, 4) is 11.8 Å². The van der Waals surface area contributed by atoms with E-state index >= 15 is 0 Å². The normalized spacial score (nSPS) is 9.13. The van der Waals surface area contributed by atoms with Gasteiger partial charge in [-0.15, -0.1) is 0 Å². The zero-order chi connectivity index (χ0) is 11.3. The van der Waals surface area contributed by atoms with E-state index in [1.165, 1.54) is 0 Å². The quantitative estimate of drug-likeness (QED) is 0.733. The molecule has 0 aliphatic rings. The van der Waals surface area contributed by atoms with Crippen LogP contribution in [0.25, 0.3) is 0 Å². The minimum Gasteiger partial charge on any atom is -0.495 e. The molecule has 0 saturated carbocycles. The number of nitrogens with zero attached hydrogens (tertiary/aromatic N) is 2. The molecule has 0 aliphatic heterocycles. The van der Waals surface area contributed by atoms with E-state index in [0.29, 0.717) is 6.54 Å². The molecule has 0 aromatic heterocycles. The number of hydrogen-bond acceptors (Lipinski definition) is 3. The molecular weight excluding hydrogens is 208 g/mol. The van der Waals surface area contributed by atoms with Crippen LogP contribution in [0, 0.1) is 11.3 Å². The fourth-order valence-electron chi connectivity index (χ4n) is 1.34. The minimum atomic E-state index is 0.252. The molecular formula is C11H12N2OS. The Hall–Kier alpha value is -1.60. The summed E-state index contributed by atoms with van der Waals surface area (Å²) in [4.78, 5) is 2.00. The molecule has 0 atom stereocenters. The average molecular weight is 220 g/mol. The van der Waals surface area contributed by atoms with E-state index in [0.717, 1.165) is 11.4 Å². The molecule has 78 valence electrons. The second-order valence-corrected chi connectivity index (χ2v) is 3.22. The second kappa shape index (κ2) is 5.32. The van der Waals surface area contributed by atoms with Crippen molar-refractivity contribution in [1.29, 1.82) is 5.26 Å². The van der Waals surface area contributed by atoms with Crippen molar-refractivity contribution in [3.05, 3.63) is 24.3 Å². The van der Waals surface area contributed by atoms with Crippen molar-refractivity contribution in [2.45, 2.75) is 6.92 Å². The van der Waals surface area contributed by atoms with Crippen molar-refractivity contribution in [2.75, 3.05) is 18.6 Å². The van der Waals surface area contributed by atoms with Gasteiger partial charge in [0, 0.05) is 6.54 Å². The molecule has 0 unspecified atom stereocenters. The van der Waals surface area contributed by atoms with E-state index in [-0.39, 0.29) is 4.99 Å². The summed E-state index contributed by atoms with van der Waals surface area (Å²) < 4.78 is 5.21. The Labute approximate surface area is 94.9 Å². The van der Waals surface area contributed by atoms with E-state index in [4.69, 9.17) is 22.2 Å². The largest absolute Gasteiger partial charge is 0.495 e. The Morgan fingerprint density at radius 1 is 1.53 bits per heavy atom. The number of ether oxygens (including phenoxy) is 1. The summed E-state index contributed by atoms with van der Waals surface area (Å²) in [6.07, 6.45) is 0. The number of methoxy groups -OCH3 is 1. The highest BCUT2D eigenvalue weighted by Crippen LogP contribution is 2.27. The minimum absolute atomic E-state index is 0.252. The van der Waals surface area contributed by atoms with Gasteiger partial charge in [0.15, 0.2) is 4.99 Å². The molecule has 0 heterocycles. The molecule has 0 saturated heterocycles. The standard InChI is InChI=1S/C11H12N2OS/c1-3-13(11(15)8-12)9-6-4-5-7-10(9)14-2/h4-7H,3H2,1-2H3. The maximum absolute atomic E-state index is 8.79. The first-order valence-electron chi connectivity index (χ1n) is 4.59. The van der Waals surface area contributed by atoms with Gasteiger partial charge in [-0.05, 0) is 31.3 Å². The molecule has 0 bridgehead atoms. The van der Waals surface area contributed by atoms with Crippen molar-refractivity contribution >= 4 is 22.9 Å².